The van der Waals surface area contributed by atoms with Crippen LogP contribution < -0.4 is 10.6 Å². The molecule has 0 amide bonds. The summed E-state index contributed by atoms with van der Waals surface area (Å²) in [7, 11) is 2.37. The third-order valence-electron chi connectivity index (χ3n) is 10.2. The molecule has 5 aliphatic carbocycles. The van der Waals surface area contributed by atoms with Crippen molar-refractivity contribution < 1.29 is 5.11 Å². The Morgan fingerprint density at radius 1 is 1.10 bits per heavy atom. The van der Waals surface area contributed by atoms with Crippen LogP contribution in [0.1, 0.15) is 68.9 Å². The lowest BCUT2D eigenvalue weighted by atomic mass is 9.47. The standard InChI is InChI=1S/C31H42N6OS/c1-37(25-7-9-26(38)10-8-25)28-22-11-20-12-23(28)15-31(13-20,14-22)19-35-29-24(16-32)18-34-30(36-29)33-17-21-5-3-4-6-27(21)39-2/h3-6,18,20,22-23,25-26,28,38H,7-15,17,19H2,1-2H3,(H2,33,34,35,36)/t20?,22-,23+,25-,26+,28-,31-. The van der Waals surface area contributed by atoms with Crippen molar-refractivity contribution in [2.45, 2.75) is 87.4 Å². The van der Waals surface area contributed by atoms with Gasteiger partial charge in [-0.2, -0.15) is 10.2 Å². The van der Waals surface area contributed by atoms with Gasteiger partial charge in [0, 0.05) is 30.1 Å². The quantitative estimate of drug-likeness (QED) is 0.354. The summed E-state index contributed by atoms with van der Waals surface area (Å²) in [5, 5.41) is 26.8. The lowest BCUT2D eigenvalue weighted by molar-refractivity contribution is -0.114. The Kier molecular flexibility index (Phi) is 7.76. The maximum absolute atomic E-state index is 10.0. The fourth-order valence-electron chi connectivity index (χ4n) is 8.73. The molecule has 1 unspecified atom stereocenters. The number of nitrogens with one attached hydrogen (secondary N) is 2. The van der Waals surface area contributed by atoms with Crippen LogP contribution in [0.25, 0.3) is 0 Å². The molecule has 5 atom stereocenters. The van der Waals surface area contributed by atoms with Crippen LogP contribution in [0.4, 0.5) is 11.8 Å². The first-order chi connectivity index (χ1) is 19.0. The van der Waals surface area contributed by atoms with Crippen LogP contribution in [0.3, 0.4) is 0 Å². The predicted octanol–water partition coefficient (Wildman–Crippen LogP) is 5.52. The lowest BCUT2D eigenvalue weighted by Crippen LogP contribution is -2.61. The smallest absolute Gasteiger partial charge is 0.224 e. The minimum absolute atomic E-state index is 0.0931. The number of nitrogens with zero attached hydrogens (tertiary/aromatic N) is 4. The fraction of sp³-hybridized carbons (Fsp3) is 0.645. The molecule has 208 valence electrons. The molecule has 0 saturated heterocycles. The number of hydrogen-bond acceptors (Lipinski definition) is 8. The van der Waals surface area contributed by atoms with E-state index in [0.29, 0.717) is 41.4 Å². The number of nitriles is 1. The van der Waals surface area contributed by atoms with Crippen molar-refractivity contribution in [3.63, 3.8) is 0 Å². The van der Waals surface area contributed by atoms with Crippen LogP contribution in [0.2, 0.25) is 0 Å². The van der Waals surface area contributed by atoms with Crippen molar-refractivity contribution in [2.24, 2.45) is 23.2 Å². The van der Waals surface area contributed by atoms with Crippen LogP contribution >= 0.6 is 11.8 Å². The van der Waals surface area contributed by atoms with Gasteiger partial charge in [0.05, 0.1) is 12.3 Å². The van der Waals surface area contributed by atoms with E-state index < -0.39 is 0 Å². The van der Waals surface area contributed by atoms with Gasteiger partial charge in [-0.1, -0.05) is 18.2 Å². The molecule has 0 aliphatic heterocycles. The maximum Gasteiger partial charge on any atom is 0.224 e. The highest BCUT2D eigenvalue weighted by atomic mass is 32.2. The molecule has 0 spiro atoms. The van der Waals surface area contributed by atoms with Crippen LogP contribution in [0, 0.1) is 34.5 Å². The minimum atomic E-state index is -0.0931. The molecule has 1 heterocycles. The zero-order valence-electron chi connectivity index (χ0n) is 23.3. The predicted molar refractivity (Wildman–Crippen MR) is 157 cm³/mol. The molecule has 7 rings (SSSR count). The normalized spacial score (nSPS) is 33.2. The van der Waals surface area contributed by atoms with Crippen molar-refractivity contribution in [1.29, 1.82) is 5.26 Å². The number of thioether (sulfide) groups is 1. The molecule has 5 fully saturated rings. The highest BCUT2D eigenvalue weighted by molar-refractivity contribution is 7.98. The van der Waals surface area contributed by atoms with Gasteiger partial charge in [-0.25, -0.2) is 4.98 Å². The third kappa shape index (κ3) is 5.51. The van der Waals surface area contributed by atoms with Gasteiger partial charge in [0.15, 0.2) is 0 Å². The second-order valence-electron chi connectivity index (χ2n) is 12.7. The molecule has 1 aromatic heterocycles. The van der Waals surface area contributed by atoms with E-state index in [9.17, 15) is 10.4 Å². The minimum Gasteiger partial charge on any atom is -0.393 e. The number of rotatable bonds is 9. The molecular formula is C31H42N6OS. The van der Waals surface area contributed by atoms with E-state index in [0.717, 1.165) is 50.0 Å². The molecular weight excluding hydrogens is 504 g/mol. The van der Waals surface area contributed by atoms with Gasteiger partial charge in [0.25, 0.3) is 0 Å². The SMILES string of the molecule is CSc1ccccc1CNc1ncc(C#N)c(NC[C@]23CC4C[C@H](C2)[C@@H](N(C)[C@H]2CC[C@@H](O)CC2)[C@@H](C4)C3)n1. The van der Waals surface area contributed by atoms with Gasteiger partial charge in [-0.15, -0.1) is 11.8 Å². The maximum atomic E-state index is 10.0. The fourth-order valence-corrected chi connectivity index (χ4v) is 9.35. The average molecular weight is 547 g/mol. The first kappa shape index (κ1) is 26.9. The Hall–Kier alpha value is -2.34. The number of anilines is 2. The van der Waals surface area contributed by atoms with E-state index >= 15 is 0 Å². The van der Waals surface area contributed by atoms with Gasteiger partial charge < -0.3 is 15.7 Å². The second kappa shape index (κ2) is 11.3. The zero-order valence-corrected chi connectivity index (χ0v) is 24.1. The molecule has 39 heavy (non-hydrogen) atoms. The number of hydrogen-bond donors (Lipinski definition) is 3. The van der Waals surface area contributed by atoms with E-state index in [4.69, 9.17) is 4.98 Å². The Morgan fingerprint density at radius 3 is 2.56 bits per heavy atom. The summed E-state index contributed by atoms with van der Waals surface area (Å²) >= 11 is 1.74. The summed E-state index contributed by atoms with van der Waals surface area (Å²) in [6, 6.07) is 12.0. The van der Waals surface area contributed by atoms with Gasteiger partial charge >= 0.3 is 0 Å². The largest absolute Gasteiger partial charge is 0.393 e. The Labute approximate surface area is 237 Å². The third-order valence-corrected chi connectivity index (χ3v) is 11.1. The van der Waals surface area contributed by atoms with Crippen molar-refractivity contribution in [3.05, 3.63) is 41.6 Å². The highest BCUT2D eigenvalue weighted by Crippen LogP contribution is 2.61. The highest BCUT2D eigenvalue weighted by Gasteiger charge is 2.56. The molecule has 5 saturated carbocycles. The van der Waals surface area contributed by atoms with Crippen molar-refractivity contribution in [2.75, 3.05) is 30.5 Å². The first-order valence-corrected chi connectivity index (χ1v) is 16.0. The van der Waals surface area contributed by atoms with Gasteiger partial charge in [-0.3, -0.25) is 4.90 Å². The average Bonchev–Trinajstić information content (AvgIpc) is 2.95. The summed E-state index contributed by atoms with van der Waals surface area (Å²) in [4.78, 5) is 13.1. The molecule has 3 N–H and O–H groups in total. The molecule has 7 nitrogen and oxygen atoms in total. The Morgan fingerprint density at radius 2 is 1.85 bits per heavy atom. The van der Waals surface area contributed by atoms with E-state index in [-0.39, 0.29) is 6.10 Å². The van der Waals surface area contributed by atoms with Crippen LogP contribution in [-0.4, -0.2) is 58.0 Å². The van der Waals surface area contributed by atoms with E-state index in [1.807, 2.05) is 0 Å². The van der Waals surface area contributed by atoms with Crippen molar-refractivity contribution >= 4 is 23.5 Å². The van der Waals surface area contributed by atoms with Gasteiger partial charge in [0.1, 0.15) is 17.5 Å². The van der Waals surface area contributed by atoms with E-state index in [1.165, 1.54) is 42.6 Å². The van der Waals surface area contributed by atoms with Crippen molar-refractivity contribution in [3.8, 4) is 6.07 Å². The lowest BCUT2D eigenvalue weighted by Gasteiger charge is -2.62. The van der Waals surface area contributed by atoms with Crippen LogP contribution in [-0.2, 0) is 6.54 Å². The monoisotopic (exact) mass is 546 g/mol. The summed E-state index contributed by atoms with van der Waals surface area (Å²) in [6.07, 6.45) is 14.4. The van der Waals surface area contributed by atoms with Gasteiger partial charge in [-0.05, 0) is 106 Å². The van der Waals surface area contributed by atoms with Gasteiger partial charge in [0.2, 0.25) is 5.95 Å². The molecule has 0 radical (unpaired) electrons. The molecule has 8 heteroatoms. The number of benzene rings is 1. The van der Waals surface area contributed by atoms with Crippen LogP contribution in [0.15, 0.2) is 35.4 Å². The summed E-state index contributed by atoms with van der Waals surface area (Å²) in [5.41, 5.74) is 2.01. The molecule has 4 bridgehead atoms. The van der Waals surface area contributed by atoms with Crippen molar-refractivity contribution in [1.82, 2.24) is 14.9 Å². The van der Waals surface area contributed by atoms with Crippen LogP contribution in [0.5, 0.6) is 0 Å². The summed E-state index contributed by atoms with van der Waals surface area (Å²) < 4.78 is 0. The molecule has 5 aliphatic rings. The summed E-state index contributed by atoms with van der Waals surface area (Å²) in [6.45, 7) is 1.52. The topological polar surface area (TPSA) is 97.1 Å². The number of aromatic nitrogens is 2. The molecule has 2 aromatic rings. The van der Waals surface area contributed by atoms with E-state index in [1.54, 1.807) is 18.0 Å². The van der Waals surface area contributed by atoms with E-state index in [2.05, 4.69) is 64.2 Å². The molecule has 1 aromatic carbocycles. The Balaban J connectivity index is 1.12. The zero-order chi connectivity index (χ0) is 27.0. The second-order valence-corrected chi connectivity index (χ2v) is 13.5. The summed E-state index contributed by atoms with van der Waals surface area (Å²) in [5.74, 6) is 3.54. The first-order valence-electron chi connectivity index (χ1n) is 14.7. The Bertz CT molecular complexity index is 1190. The number of aliphatic hydroxyl groups is 1. The number of aliphatic hydroxyl groups excluding tert-OH is 1.